The predicted octanol–water partition coefficient (Wildman–Crippen LogP) is 12.8. The summed E-state index contributed by atoms with van der Waals surface area (Å²) in [5.74, 6) is 1.96. The van der Waals surface area contributed by atoms with Gasteiger partial charge in [0.1, 0.15) is 11.5 Å². The average molecular weight is 713 g/mol. The summed E-state index contributed by atoms with van der Waals surface area (Å²) in [5.41, 5.74) is 17.0. The third-order valence-electron chi connectivity index (χ3n) is 11.2. The Morgan fingerprint density at radius 2 is 0.944 bits per heavy atom. The minimum Gasteiger partial charge on any atom is -0.456 e. The van der Waals surface area contributed by atoms with Gasteiger partial charge < -0.3 is 14.5 Å². The molecule has 1 unspecified atom stereocenters. The molecule has 4 heteroatoms. The fourth-order valence-electron chi connectivity index (χ4n) is 8.88. The molecule has 3 aliphatic heterocycles. The molecule has 0 amide bonds. The van der Waals surface area contributed by atoms with Crippen LogP contribution in [0.3, 0.4) is 0 Å². The summed E-state index contributed by atoms with van der Waals surface area (Å²) in [6, 6.07) is 56.2. The predicted molar refractivity (Wildman–Crippen MR) is 229 cm³/mol. The fourth-order valence-corrected chi connectivity index (χ4v) is 11.8. The Bertz CT molecular complexity index is 2860. The van der Waals surface area contributed by atoms with E-state index in [1.807, 2.05) is 0 Å². The number of benzene rings is 8. The number of rotatable bonds is 4. The maximum absolute atomic E-state index is 7.00. The van der Waals surface area contributed by atoms with Crippen LogP contribution in [0.4, 0.5) is 34.1 Å². The van der Waals surface area contributed by atoms with E-state index >= 15 is 0 Å². The standard InChI is InChI=1S/C50H37N2OP/c1-30-17-19-37(20-18-30)51-42-23-31(2)24-43-48(42)54-49-44(51)25-32(3)27-46(49)53-47-28-33(4)26-45(50(47)54)52(43)41-22-21-38(39-15-8-9-16-40(39)41)36-14-10-13-35(29-36)34-11-6-5-7-12-34/h5-29H,1-4H3. The van der Waals surface area contributed by atoms with Gasteiger partial charge in [-0.2, -0.15) is 0 Å². The van der Waals surface area contributed by atoms with E-state index in [9.17, 15) is 0 Å². The number of hydrogen-bond donors (Lipinski definition) is 0. The van der Waals surface area contributed by atoms with E-state index in [0.717, 1.165) is 17.2 Å². The molecule has 8 aromatic carbocycles. The first-order valence-corrected chi connectivity index (χ1v) is 20.0. The lowest BCUT2D eigenvalue weighted by Gasteiger charge is -2.48. The first kappa shape index (κ1) is 31.4. The van der Waals surface area contributed by atoms with Gasteiger partial charge in [0.05, 0.1) is 39.0 Å². The Morgan fingerprint density at radius 1 is 0.389 bits per heavy atom. The summed E-state index contributed by atoms with van der Waals surface area (Å²) in [7, 11) is -0.901. The SMILES string of the molecule is Cc1ccc(N2c3cc(C)cc4c3P3c5c(cc(C)cc5N(c5ccc(-c6cccc(-c7ccccc7)c6)c6ccccc56)c5cc(C)cc2c53)O4)cc1. The molecule has 0 fully saturated rings. The lowest BCUT2D eigenvalue weighted by Crippen LogP contribution is -2.43. The highest BCUT2D eigenvalue weighted by atomic mass is 31.1. The zero-order valence-electron chi connectivity index (χ0n) is 30.7. The molecule has 0 saturated carbocycles. The quantitative estimate of drug-likeness (QED) is 0.169. The highest BCUT2D eigenvalue weighted by molar-refractivity contribution is 7.81. The number of nitrogens with zero attached hydrogens (tertiary/aromatic N) is 2. The molecule has 0 bridgehead atoms. The van der Waals surface area contributed by atoms with E-state index in [2.05, 4.69) is 189 Å². The van der Waals surface area contributed by atoms with Gasteiger partial charge in [-0.05, 0) is 133 Å². The van der Waals surface area contributed by atoms with Gasteiger partial charge in [0.2, 0.25) is 0 Å². The molecule has 0 radical (unpaired) electrons. The van der Waals surface area contributed by atoms with E-state index in [4.69, 9.17) is 4.74 Å². The molecule has 258 valence electrons. The number of aryl methyl sites for hydroxylation is 4. The third-order valence-corrected chi connectivity index (χ3v) is 13.9. The number of ether oxygens (including phenoxy) is 1. The third kappa shape index (κ3) is 4.58. The second kappa shape index (κ2) is 11.7. The monoisotopic (exact) mass is 712 g/mol. The maximum Gasteiger partial charge on any atom is 0.138 e. The highest BCUT2D eigenvalue weighted by Crippen LogP contribution is 2.62. The fraction of sp³-hybridized carbons (Fsp3) is 0.0800. The molecule has 0 aliphatic carbocycles. The molecule has 54 heavy (non-hydrogen) atoms. The van der Waals surface area contributed by atoms with Gasteiger partial charge in [-0.15, -0.1) is 0 Å². The van der Waals surface area contributed by atoms with E-state index < -0.39 is 7.92 Å². The van der Waals surface area contributed by atoms with Crippen molar-refractivity contribution in [1.29, 1.82) is 0 Å². The molecule has 0 saturated heterocycles. The minimum atomic E-state index is -0.901. The second-order valence-corrected chi connectivity index (χ2v) is 17.0. The van der Waals surface area contributed by atoms with Gasteiger partial charge in [0.15, 0.2) is 0 Å². The van der Waals surface area contributed by atoms with E-state index in [-0.39, 0.29) is 0 Å². The summed E-state index contributed by atoms with van der Waals surface area (Å²) in [6.45, 7) is 8.78. The van der Waals surface area contributed by atoms with Gasteiger partial charge in [-0.1, -0.05) is 96.6 Å². The van der Waals surface area contributed by atoms with Crippen molar-refractivity contribution in [3.05, 3.63) is 174 Å². The largest absolute Gasteiger partial charge is 0.456 e. The topological polar surface area (TPSA) is 15.7 Å². The van der Waals surface area contributed by atoms with Crippen LogP contribution in [0.1, 0.15) is 22.3 Å². The molecule has 8 aromatic rings. The van der Waals surface area contributed by atoms with E-state index in [1.54, 1.807) is 0 Å². The summed E-state index contributed by atoms with van der Waals surface area (Å²) in [6.07, 6.45) is 0. The van der Waals surface area contributed by atoms with Crippen LogP contribution in [0.25, 0.3) is 33.0 Å². The minimum absolute atomic E-state index is 0.901. The van der Waals surface area contributed by atoms with Gasteiger partial charge in [0.25, 0.3) is 0 Å². The number of hydrogen-bond acceptors (Lipinski definition) is 3. The summed E-state index contributed by atoms with van der Waals surface area (Å²) >= 11 is 0. The van der Waals surface area contributed by atoms with Crippen molar-refractivity contribution in [1.82, 2.24) is 0 Å². The molecule has 0 spiro atoms. The Kier molecular flexibility index (Phi) is 6.78. The second-order valence-electron chi connectivity index (χ2n) is 15.0. The first-order valence-electron chi connectivity index (χ1n) is 18.7. The molecular formula is C50H37N2OP. The molecule has 11 rings (SSSR count). The van der Waals surface area contributed by atoms with Crippen LogP contribution in [-0.4, -0.2) is 0 Å². The van der Waals surface area contributed by atoms with Crippen molar-refractivity contribution in [2.75, 3.05) is 9.80 Å². The average Bonchev–Trinajstić information content (AvgIpc) is 3.18. The molecule has 3 aliphatic rings. The number of anilines is 6. The molecule has 3 nitrogen and oxygen atoms in total. The van der Waals surface area contributed by atoms with Crippen molar-refractivity contribution in [3.8, 4) is 33.8 Å². The van der Waals surface area contributed by atoms with Crippen LogP contribution < -0.4 is 30.5 Å². The zero-order valence-corrected chi connectivity index (χ0v) is 31.6. The van der Waals surface area contributed by atoms with Gasteiger partial charge in [-0.25, -0.2) is 0 Å². The summed E-state index contributed by atoms with van der Waals surface area (Å²) in [4.78, 5) is 5.03. The van der Waals surface area contributed by atoms with Crippen LogP contribution >= 0.6 is 7.92 Å². The van der Waals surface area contributed by atoms with Crippen molar-refractivity contribution in [3.63, 3.8) is 0 Å². The summed E-state index contributed by atoms with van der Waals surface area (Å²) in [5, 5.41) is 6.45. The Balaban J connectivity index is 1.19. The zero-order chi connectivity index (χ0) is 36.2. The van der Waals surface area contributed by atoms with Crippen LogP contribution in [0.5, 0.6) is 11.5 Å². The van der Waals surface area contributed by atoms with Crippen molar-refractivity contribution in [2.24, 2.45) is 0 Å². The smallest absolute Gasteiger partial charge is 0.138 e. The molecule has 1 atom stereocenters. The molecule has 0 aromatic heterocycles. The molecule has 3 heterocycles. The van der Waals surface area contributed by atoms with Gasteiger partial charge in [0, 0.05) is 24.3 Å². The van der Waals surface area contributed by atoms with Crippen LogP contribution in [0.2, 0.25) is 0 Å². The van der Waals surface area contributed by atoms with Crippen LogP contribution in [0, 0.1) is 27.7 Å². The molecule has 0 N–H and O–H groups in total. The first-order chi connectivity index (χ1) is 26.4. The van der Waals surface area contributed by atoms with Gasteiger partial charge in [-0.3, -0.25) is 0 Å². The lowest BCUT2D eigenvalue weighted by molar-refractivity contribution is 0.488. The van der Waals surface area contributed by atoms with Gasteiger partial charge >= 0.3 is 0 Å². The highest BCUT2D eigenvalue weighted by Gasteiger charge is 2.46. The van der Waals surface area contributed by atoms with Crippen molar-refractivity contribution >= 4 is 68.7 Å². The summed E-state index contributed by atoms with van der Waals surface area (Å²) < 4.78 is 7.00. The number of fused-ring (bicyclic) bond motifs is 1. The molecular weight excluding hydrogens is 676 g/mol. The Hall–Kier alpha value is -6.15. The Labute approximate surface area is 317 Å². The Morgan fingerprint density at radius 3 is 1.65 bits per heavy atom. The van der Waals surface area contributed by atoms with Crippen molar-refractivity contribution in [2.45, 2.75) is 27.7 Å². The lowest BCUT2D eigenvalue weighted by atomic mass is 9.94. The van der Waals surface area contributed by atoms with Crippen LogP contribution in [0.15, 0.2) is 152 Å². The normalized spacial score (nSPS) is 14.6. The maximum atomic E-state index is 7.00. The van der Waals surface area contributed by atoms with Crippen molar-refractivity contribution < 1.29 is 4.74 Å². The van der Waals surface area contributed by atoms with E-state index in [0.29, 0.717) is 0 Å². The van der Waals surface area contributed by atoms with E-state index in [1.165, 1.54) is 99.6 Å². The van der Waals surface area contributed by atoms with Crippen LogP contribution in [-0.2, 0) is 0 Å².